The number of benzene rings is 25. The van der Waals surface area contributed by atoms with Crippen molar-refractivity contribution in [2.75, 3.05) is 0 Å². The lowest BCUT2D eigenvalue weighted by molar-refractivity contribution is 0.488. The van der Waals surface area contributed by atoms with Crippen LogP contribution in [-0.2, 0) is 0 Å². The molecule has 2 nitrogen and oxygen atoms in total. The first kappa shape index (κ1) is 72.2. The van der Waals surface area contributed by atoms with E-state index in [-0.39, 0.29) is 11.6 Å². The molecule has 0 spiro atoms. The largest absolute Gasteiger partial charge is 0.457 e. The quantitative estimate of drug-likeness (QED) is 0.121. The van der Waals surface area contributed by atoms with Crippen LogP contribution >= 0.6 is 69.7 Å². The third-order valence-corrected chi connectivity index (χ3v) is 34.1. The average Bonchev–Trinajstić information content (AvgIpc) is 0.658. The van der Waals surface area contributed by atoms with Crippen molar-refractivity contribution in [2.45, 2.75) is 39.2 Å². The zero-order valence-electron chi connectivity index (χ0n) is 67.7. The van der Waals surface area contributed by atoms with Crippen LogP contribution in [0.3, 0.4) is 0 Å². The fourth-order valence-electron chi connectivity index (χ4n) is 21.9. The zero-order valence-corrected chi connectivity index (χ0v) is 72.6. The molecule has 0 aliphatic carbocycles. The van der Waals surface area contributed by atoms with Crippen molar-refractivity contribution >= 4 is 239 Å². The molecule has 4 aliphatic rings. The Labute approximate surface area is 755 Å². The van der Waals surface area contributed by atoms with E-state index in [0.717, 1.165) is 56.0 Å². The highest BCUT2D eigenvalue weighted by atomic mass is 32.2. The Hall–Kier alpha value is -14.0. The second-order valence-electron chi connectivity index (χ2n) is 33.8. The summed E-state index contributed by atoms with van der Waals surface area (Å²) < 4.78 is 46.3. The Kier molecular flexibility index (Phi) is 15.4. The van der Waals surface area contributed by atoms with E-state index in [1.165, 1.54) is 267 Å². The zero-order chi connectivity index (χ0) is 83.6. The van der Waals surface area contributed by atoms with Crippen molar-refractivity contribution in [3.05, 3.63) is 376 Å². The maximum atomic E-state index is 13.7. The number of rotatable bonds is 6. The SMILES string of the molecule is Fc1ccc(-c2ccc3c(c2)-c2c4ccccc4c4c5c(ccc(c25)S3)Sc2ccc(-c3ccc(F)cc3)cc2-4)cc1.c1cc2ccc3sc4ccc5sc6ccc7cccc8c9ccc%10c(c1)c2c3c1c4c5c(c6c78)c9c%101.c1ccc(Oc2cc3c(c4ccccc24)Sc2ccc4c5c(c6ccccc6c-3c25)-c2cc(Oc3ccccc3)c3ccccc3c2S4)cc1. The van der Waals surface area contributed by atoms with E-state index in [1.807, 2.05) is 155 Å². The van der Waals surface area contributed by atoms with Gasteiger partial charge < -0.3 is 9.47 Å². The molecule has 31 rings (SSSR count). The predicted molar refractivity (Wildman–Crippen MR) is 542 cm³/mol. The molecule has 0 unspecified atom stereocenters. The van der Waals surface area contributed by atoms with Gasteiger partial charge in [-0.1, -0.05) is 278 Å². The maximum Gasteiger partial charge on any atom is 0.135 e. The summed E-state index contributed by atoms with van der Waals surface area (Å²) >= 11 is 11.3. The Morgan fingerprint density at radius 1 is 0.188 bits per heavy atom. The molecule has 0 fully saturated rings. The molecule has 0 saturated carbocycles. The van der Waals surface area contributed by atoms with Crippen molar-refractivity contribution in [1.29, 1.82) is 0 Å². The van der Waals surface area contributed by atoms with Crippen molar-refractivity contribution in [3.63, 3.8) is 0 Å². The minimum Gasteiger partial charge on any atom is -0.457 e. The summed E-state index contributed by atoms with van der Waals surface area (Å²) in [4.78, 5) is 10.1. The van der Waals surface area contributed by atoms with Crippen molar-refractivity contribution in [2.24, 2.45) is 0 Å². The van der Waals surface area contributed by atoms with E-state index >= 15 is 0 Å². The number of para-hydroxylation sites is 2. The topological polar surface area (TPSA) is 18.5 Å². The highest BCUT2D eigenvalue weighted by Crippen LogP contribution is 2.65. The Morgan fingerprint density at radius 3 is 0.898 bits per heavy atom. The van der Waals surface area contributed by atoms with E-state index in [4.69, 9.17) is 9.47 Å². The minimum absolute atomic E-state index is 0.230. The van der Waals surface area contributed by atoms with E-state index in [9.17, 15) is 8.78 Å². The van der Waals surface area contributed by atoms with Gasteiger partial charge in [0.05, 0.1) is 0 Å². The van der Waals surface area contributed by atoms with Gasteiger partial charge in [0.1, 0.15) is 34.6 Å². The minimum atomic E-state index is -0.230. The summed E-state index contributed by atoms with van der Waals surface area (Å²) in [5.41, 5.74) is 14.1. The smallest absolute Gasteiger partial charge is 0.135 e. The van der Waals surface area contributed by atoms with Crippen LogP contribution in [0.5, 0.6) is 23.0 Å². The van der Waals surface area contributed by atoms with Gasteiger partial charge in [0, 0.05) is 134 Å². The van der Waals surface area contributed by atoms with Crippen LogP contribution in [0.1, 0.15) is 0 Å². The van der Waals surface area contributed by atoms with E-state index in [1.54, 1.807) is 0 Å². The molecule has 594 valence electrons. The molecular weight excluding hydrogens is 1680 g/mol. The van der Waals surface area contributed by atoms with Crippen LogP contribution < -0.4 is 9.47 Å². The number of halogens is 2. The molecule has 2 aromatic heterocycles. The number of hydrogen-bond acceptors (Lipinski definition) is 8. The van der Waals surface area contributed by atoms with Crippen molar-refractivity contribution in [1.82, 2.24) is 0 Å². The normalized spacial score (nSPS) is 13.0. The molecular formula is C118H60F2O2S6. The van der Waals surface area contributed by atoms with E-state index < -0.39 is 0 Å². The molecule has 0 radical (unpaired) electrons. The molecule has 0 amide bonds. The molecule has 10 heteroatoms. The van der Waals surface area contributed by atoms with Gasteiger partial charge in [-0.15, -0.1) is 22.7 Å². The Morgan fingerprint density at radius 2 is 0.500 bits per heavy atom. The van der Waals surface area contributed by atoms with E-state index in [2.05, 4.69) is 255 Å². The van der Waals surface area contributed by atoms with Gasteiger partial charge in [-0.25, -0.2) is 8.78 Å². The highest BCUT2D eigenvalue weighted by molar-refractivity contribution is 8.01. The van der Waals surface area contributed by atoms with Gasteiger partial charge in [-0.2, -0.15) is 0 Å². The summed E-state index contributed by atoms with van der Waals surface area (Å²) in [6.45, 7) is 0. The van der Waals surface area contributed by atoms with E-state index in [0.29, 0.717) is 0 Å². The first-order valence-corrected chi connectivity index (χ1v) is 47.9. The molecule has 0 bridgehead atoms. The van der Waals surface area contributed by atoms with Crippen LogP contribution in [0.25, 0.3) is 236 Å². The number of ether oxygens (including phenoxy) is 2. The van der Waals surface area contributed by atoms with Gasteiger partial charge >= 0.3 is 0 Å². The van der Waals surface area contributed by atoms with Crippen LogP contribution in [0.2, 0.25) is 0 Å². The average molecular weight is 1740 g/mol. The summed E-state index contributed by atoms with van der Waals surface area (Å²) in [6.07, 6.45) is 0. The van der Waals surface area contributed by atoms with Crippen molar-refractivity contribution in [3.8, 4) is 89.8 Å². The van der Waals surface area contributed by atoms with Gasteiger partial charge in [-0.05, 0) is 275 Å². The second-order valence-corrected chi connectivity index (χ2v) is 40.3. The summed E-state index contributed by atoms with van der Waals surface area (Å²) in [5, 5.41) is 37.6. The van der Waals surface area contributed by atoms with Crippen LogP contribution in [0.15, 0.2) is 403 Å². The standard InChI is InChI=1S/C46H26O2S2.C38H20F2S2.C34H14S2/c1-3-13-27(14-4-1)47-37-25-35-41-31-19-9-10-20-32(31)42-36-26-38(48-28-15-5-2-6-16-28)30-18-8-12-22-34(30)46(36)50-40-24-23-39(43(41)44(40)42)49-45(35)33-21-11-7-17-29(33)37;39-25-11-5-21(6-12-25)23-9-15-31-29(19-23)35-27-3-1-2-4-28(27)36-30-20-24(22-7-13-26(40)14-8-22)10-16-32(30)42-34-18-17-33(41-31)37(35)38(34)36;1-3-15-7-11-21-29-25(15)17(5-1)19-9-10-20-18-6-2-4-16-8-12-22-30(26(16)18)34-28(20)27(19)33(29)31-23(35-21)13-14-24(36-22)32(31)34/h1-26H;1-20H;1-14H. The first-order chi connectivity index (χ1) is 63.3. The van der Waals surface area contributed by atoms with Gasteiger partial charge in [0.15, 0.2) is 0 Å². The lowest BCUT2D eigenvalue weighted by Crippen LogP contribution is -2.02. The second kappa shape index (κ2) is 27.2. The summed E-state index contributed by atoms with van der Waals surface area (Å²) in [6, 6.07) is 128. The summed E-state index contributed by atoms with van der Waals surface area (Å²) in [7, 11) is 0. The molecule has 27 aromatic rings. The predicted octanol–water partition coefficient (Wildman–Crippen LogP) is 37.1. The van der Waals surface area contributed by atoms with Crippen molar-refractivity contribution < 1.29 is 18.3 Å². The number of fused-ring (bicyclic) bond motifs is 20. The number of hydrogen-bond donors (Lipinski definition) is 0. The van der Waals surface area contributed by atoms with Gasteiger partial charge in [0.2, 0.25) is 0 Å². The highest BCUT2D eigenvalue weighted by Gasteiger charge is 2.36. The van der Waals surface area contributed by atoms with Crippen LogP contribution in [-0.4, -0.2) is 0 Å². The third-order valence-electron chi connectivity index (χ3n) is 27.2. The molecule has 6 heterocycles. The lowest BCUT2D eigenvalue weighted by Gasteiger charge is -2.30. The fourth-order valence-corrected chi connectivity index (χ4v) is 28.8. The molecule has 0 atom stereocenters. The molecule has 0 saturated heterocycles. The molecule has 0 N–H and O–H groups in total. The molecule has 128 heavy (non-hydrogen) atoms. The Balaban J connectivity index is 0.0000000962. The van der Waals surface area contributed by atoms with Gasteiger partial charge in [-0.3, -0.25) is 0 Å². The first-order valence-electron chi connectivity index (χ1n) is 43.0. The summed E-state index contributed by atoms with van der Waals surface area (Å²) in [5.74, 6) is 2.94. The Bertz CT molecular complexity index is 8990. The molecule has 25 aromatic carbocycles. The van der Waals surface area contributed by atoms with Crippen LogP contribution in [0, 0.1) is 11.6 Å². The lowest BCUT2D eigenvalue weighted by atomic mass is 9.81. The fraction of sp³-hybridized carbons (Fsp3) is 0. The third kappa shape index (κ3) is 10.3. The van der Waals surface area contributed by atoms with Crippen LogP contribution in [0.4, 0.5) is 8.78 Å². The monoisotopic (exact) mass is 1740 g/mol. The maximum absolute atomic E-state index is 13.7. The molecule has 4 aliphatic heterocycles. The van der Waals surface area contributed by atoms with Gasteiger partial charge in [0.25, 0.3) is 0 Å².